The van der Waals surface area contributed by atoms with E-state index in [0.717, 1.165) is 0 Å². The lowest BCUT2D eigenvalue weighted by atomic mass is 10.1. The second kappa shape index (κ2) is 9.61. The number of nitrogens with one attached hydrogen (secondary N) is 1. The van der Waals surface area contributed by atoms with Crippen molar-refractivity contribution in [3.63, 3.8) is 0 Å². The standard InChI is InChI=1S/C18H19Cl2N9O3/c1-10(11-2-3-12(19)13(20)8-11)22-24-18(30)15-14(9-28-4-6-31-7-5-28)29(27-23-15)17-16(21)25-32-26-17/h2-3,8H,4-7,9H2,1H3,(H2,21,25)(H,24,30)/b22-10-. The fourth-order valence-corrected chi connectivity index (χ4v) is 3.37. The lowest BCUT2D eigenvalue weighted by Gasteiger charge is -2.26. The van der Waals surface area contributed by atoms with Gasteiger partial charge in [0, 0.05) is 19.6 Å². The van der Waals surface area contributed by atoms with Gasteiger partial charge in [-0.15, -0.1) is 5.10 Å². The molecule has 3 heterocycles. The first kappa shape index (κ1) is 22.1. The molecule has 0 spiro atoms. The molecule has 0 bridgehead atoms. The molecule has 0 saturated carbocycles. The van der Waals surface area contributed by atoms with E-state index in [-0.39, 0.29) is 17.3 Å². The third-order valence-electron chi connectivity index (χ3n) is 4.81. The molecule has 3 aromatic rings. The number of amides is 1. The van der Waals surface area contributed by atoms with Gasteiger partial charge in [-0.2, -0.15) is 9.78 Å². The number of nitrogens with two attached hydrogens (primary N) is 1. The Labute approximate surface area is 192 Å². The molecule has 168 valence electrons. The molecule has 12 nitrogen and oxygen atoms in total. The maximum absolute atomic E-state index is 12.9. The molecule has 0 radical (unpaired) electrons. The molecule has 4 rings (SSSR count). The van der Waals surface area contributed by atoms with Crippen LogP contribution in [0.25, 0.3) is 5.82 Å². The second-order valence-electron chi connectivity index (χ2n) is 6.93. The summed E-state index contributed by atoms with van der Waals surface area (Å²) >= 11 is 12.0. The van der Waals surface area contributed by atoms with Crippen LogP contribution in [0.3, 0.4) is 0 Å². The fraction of sp³-hybridized carbons (Fsp3) is 0.333. The lowest BCUT2D eigenvalue weighted by molar-refractivity contribution is 0.0332. The molecule has 1 aliphatic heterocycles. The number of nitrogens with zero attached hydrogens (tertiary/aromatic N) is 7. The maximum Gasteiger partial charge on any atom is 0.293 e. The van der Waals surface area contributed by atoms with Crippen molar-refractivity contribution in [2.24, 2.45) is 5.10 Å². The van der Waals surface area contributed by atoms with Crippen LogP contribution in [0.1, 0.15) is 28.7 Å². The van der Waals surface area contributed by atoms with Crippen molar-refractivity contribution in [1.82, 2.24) is 35.6 Å². The number of hydrogen-bond acceptors (Lipinski definition) is 10. The summed E-state index contributed by atoms with van der Waals surface area (Å²) in [5, 5.41) is 20.4. The van der Waals surface area contributed by atoms with Crippen molar-refractivity contribution in [2.75, 3.05) is 32.0 Å². The van der Waals surface area contributed by atoms with E-state index in [2.05, 4.69) is 40.7 Å². The molecule has 0 unspecified atom stereocenters. The van der Waals surface area contributed by atoms with Crippen molar-refractivity contribution in [3.8, 4) is 5.82 Å². The number of hydrogen-bond donors (Lipinski definition) is 2. The highest BCUT2D eigenvalue weighted by atomic mass is 35.5. The van der Waals surface area contributed by atoms with Gasteiger partial charge in [-0.3, -0.25) is 9.69 Å². The Morgan fingerprint density at radius 3 is 2.72 bits per heavy atom. The Kier molecular flexibility index (Phi) is 6.65. The average Bonchev–Trinajstić information content (AvgIpc) is 3.40. The van der Waals surface area contributed by atoms with Gasteiger partial charge >= 0.3 is 0 Å². The SMILES string of the molecule is C/C(=N/NC(=O)c1nnn(-c2nonc2N)c1CN1CCOCC1)c1ccc(Cl)c(Cl)c1. The minimum Gasteiger partial charge on any atom is -0.379 e. The molecule has 1 fully saturated rings. The van der Waals surface area contributed by atoms with E-state index in [9.17, 15) is 4.79 Å². The lowest BCUT2D eigenvalue weighted by Crippen LogP contribution is -2.37. The number of benzene rings is 1. The van der Waals surface area contributed by atoms with Crippen molar-refractivity contribution < 1.29 is 14.2 Å². The Hall–Kier alpha value is -3.06. The normalized spacial score (nSPS) is 15.2. The predicted molar refractivity (Wildman–Crippen MR) is 116 cm³/mol. The molecular formula is C18H19Cl2N9O3. The molecule has 1 aromatic carbocycles. The van der Waals surface area contributed by atoms with Crippen LogP contribution in [0, 0.1) is 0 Å². The van der Waals surface area contributed by atoms with Gasteiger partial charge in [0.1, 0.15) is 0 Å². The van der Waals surface area contributed by atoms with E-state index in [0.29, 0.717) is 59.9 Å². The molecule has 1 amide bonds. The number of carbonyl (C=O) groups excluding carboxylic acids is 1. The van der Waals surface area contributed by atoms with Gasteiger partial charge in [0.25, 0.3) is 5.91 Å². The molecule has 3 N–H and O–H groups in total. The number of aromatic nitrogens is 5. The van der Waals surface area contributed by atoms with Crippen LogP contribution in [0.5, 0.6) is 0 Å². The van der Waals surface area contributed by atoms with Crippen molar-refractivity contribution in [2.45, 2.75) is 13.5 Å². The third kappa shape index (κ3) is 4.72. The zero-order valence-electron chi connectivity index (χ0n) is 17.0. The van der Waals surface area contributed by atoms with Crippen molar-refractivity contribution >= 4 is 40.6 Å². The van der Waals surface area contributed by atoms with E-state index in [1.54, 1.807) is 25.1 Å². The zero-order chi connectivity index (χ0) is 22.7. The quantitative estimate of drug-likeness (QED) is 0.396. The second-order valence-corrected chi connectivity index (χ2v) is 7.74. The van der Waals surface area contributed by atoms with Gasteiger partial charge in [0.15, 0.2) is 5.69 Å². The summed E-state index contributed by atoms with van der Waals surface area (Å²) in [6.45, 7) is 4.64. The summed E-state index contributed by atoms with van der Waals surface area (Å²) in [6.07, 6.45) is 0. The summed E-state index contributed by atoms with van der Waals surface area (Å²) in [7, 11) is 0. The van der Waals surface area contributed by atoms with Crippen LogP contribution < -0.4 is 11.2 Å². The van der Waals surface area contributed by atoms with Gasteiger partial charge in [0.05, 0.1) is 34.7 Å². The molecular weight excluding hydrogens is 461 g/mol. The number of morpholine rings is 1. The minimum atomic E-state index is -0.547. The maximum atomic E-state index is 12.9. The number of anilines is 1. The number of hydrazone groups is 1. The molecule has 1 aliphatic rings. The van der Waals surface area contributed by atoms with Gasteiger partial charge in [-0.25, -0.2) is 10.1 Å². The van der Waals surface area contributed by atoms with E-state index >= 15 is 0 Å². The van der Waals surface area contributed by atoms with Crippen LogP contribution >= 0.6 is 23.2 Å². The third-order valence-corrected chi connectivity index (χ3v) is 5.55. The predicted octanol–water partition coefficient (Wildman–Crippen LogP) is 1.53. The summed E-state index contributed by atoms with van der Waals surface area (Å²) in [5.41, 5.74) is 10.1. The highest BCUT2D eigenvalue weighted by Crippen LogP contribution is 2.23. The van der Waals surface area contributed by atoms with E-state index in [4.69, 9.17) is 33.7 Å². The molecule has 2 aromatic heterocycles. The summed E-state index contributed by atoms with van der Waals surface area (Å²) in [5.74, 6) is -0.372. The molecule has 1 saturated heterocycles. The summed E-state index contributed by atoms with van der Waals surface area (Å²) < 4.78 is 11.4. The van der Waals surface area contributed by atoms with Gasteiger partial charge in [-0.1, -0.05) is 34.5 Å². The van der Waals surface area contributed by atoms with Gasteiger partial charge in [0.2, 0.25) is 11.6 Å². The highest BCUT2D eigenvalue weighted by molar-refractivity contribution is 6.42. The molecule has 0 aliphatic carbocycles. The first-order chi connectivity index (χ1) is 15.4. The number of rotatable bonds is 6. The topological polar surface area (TPSA) is 150 Å². The van der Waals surface area contributed by atoms with Crippen LogP contribution in [0.4, 0.5) is 5.82 Å². The molecule has 14 heteroatoms. The van der Waals surface area contributed by atoms with Crippen molar-refractivity contribution in [1.29, 1.82) is 0 Å². The van der Waals surface area contributed by atoms with E-state index in [1.807, 2.05) is 0 Å². The number of ether oxygens (including phenoxy) is 1. The van der Waals surface area contributed by atoms with Crippen LogP contribution in [-0.4, -0.2) is 68.1 Å². The first-order valence-corrected chi connectivity index (χ1v) is 10.3. The van der Waals surface area contributed by atoms with E-state index in [1.165, 1.54) is 4.68 Å². The Morgan fingerprint density at radius 1 is 1.25 bits per heavy atom. The zero-order valence-corrected chi connectivity index (χ0v) is 18.5. The highest BCUT2D eigenvalue weighted by Gasteiger charge is 2.26. The number of halogens is 2. The van der Waals surface area contributed by atoms with Gasteiger partial charge < -0.3 is 10.5 Å². The summed E-state index contributed by atoms with van der Waals surface area (Å²) in [4.78, 5) is 15.0. The number of nitrogen functional groups attached to an aromatic ring is 1. The van der Waals surface area contributed by atoms with Crippen LogP contribution in [0.2, 0.25) is 10.0 Å². The number of carbonyl (C=O) groups is 1. The fourth-order valence-electron chi connectivity index (χ4n) is 3.07. The van der Waals surface area contributed by atoms with E-state index < -0.39 is 5.91 Å². The summed E-state index contributed by atoms with van der Waals surface area (Å²) in [6, 6.07) is 5.07. The molecule has 32 heavy (non-hydrogen) atoms. The molecule has 0 atom stereocenters. The first-order valence-electron chi connectivity index (χ1n) is 9.57. The largest absolute Gasteiger partial charge is 0.379 e. The Balaban J connectivity index is 1.60. The smallest absolute Gasteiger partial charge is 0.293 e. The Bertz CT molecular complexity index is 1150. The van der Waals surface area contributed by atoms with Crippen LogP contribution in [-0.2, 0) is 11.3 Å². The Morgan fingerprint density at radius 2 is 2.03 bits per heavy atom. The monoisotopic (exact) mass is 479 g/mol. The average molecular weight is 480 g/mol. The van der Waals surface area contributed by atoms with Crippen LogP contribution in [0.15, 0.2) is 27.9 Å². The van der Waals surface area contributed by atoms with Crippen molar-refractivity contribution in [3.05, 3.63) is 45.2 Å². The minimum absolute atomic E-state index is 0.0265. The van der Waals surface area contributed by atoms with Gasteiger partial charge in [-0.05, 0) is 34.9 Å².